The largest absolute Gasteiger partial charge is 0.338 e. The lowest BCUT2D eigenvalue weighted by molar-refractivity contribution is 0.135. The summed E-state index contributed by atoms with van der Waals surface area (Å²) in [4.78, 5) is 21.9. The lowest BCUT2D eigenvalue weighted by atomic mass is 10.1. The number of benzene rings is 1. The Kier molecular flexibility index (Phi) is 6.25. The Morgan fingerprint density at radius 1 is 1.06 bits per heavy atom. The molecule has 5 rings (SSSR count). The maximum absolute atomic E-state index is 13.5. The molecule has 2 aliphatic heterocycles. The van der Waals surface area contributed by atoms with E-state index in [-0.39, 0.29) is 11.8 Å². The van der Waals surface area contributed by atoms with Crippen molar-refractivity contribution < 1.29 is 9.18 Å². The Morgan fingerprint density at radius 2 is 1.90 bits per heavy atom. The molecule has 1 aromatic heterocycles. The highest BCUT2D eigenvalue weighted by Gasteiger charge is 2.34. The molecule has 2 aromatic rings. The van der Waals surface area contributed by atoms with Gasteiger partial charge in [-0.05, 0) is 61.6 Å². The maximum Gasteiger partial charge on any atom is 0.317 e. The van der Waals surface area contributed by atoms with Crippen LogP contribution in [0.2, 0.25) is 0 Å². The van der Waals surface area contributed by atoms with Crippen LogP contribution in [0.3, 0.4) is 0 Å². The van der Waals surface area contributed by atoms with E-state index in [1.807, 2.05) is 11.0 Å². The number of thiophene rings is 1. The summed E-state index contributed by atoms with van der Waals surface area (Å²) < 4.78 is 13.5. The van der Waals surface area contributed by atoms with E-state index in [1.165, 1.54) is 36.8 Å². The fraction of sp³-hybridized carbons (Fsp3) is 0.542. The van der Waals surface area contributed by atoms with Crippen LogP contribution in [0.1, 0.15) is 24.1 Å². The summed E-state index contributed by atoms with van der Waals surface area (Å²) in [5.74, 6) is 0.409. The second kappa shape index (κ2) is 9.27. The first-order chi connectivity index (χ1) is 15.1. The highest BCUT2D eigenvalue weighted by molar-refractivity contribution is 7.15. The molecule has 2 amide bonds. The van der Waals surface area contributed by atoms with Crippen LogP contribution in [0, 0.1) is 11.7 Å². The van der Waals surface area contributed by atoms with E-state index >= 15 is 0 Å². The minimum absolute atomic E-state index is 0.0917. The zero-order valence-corrected chi connectivity index (χ0v) is 18.7. The molecular weight excluding hydrogens is 411 g/mol. The van der Waals surface area contributed by atoms with Gasteiger partial charge in [0.2, 0.25) is 0 Å². The van der Waals surface area contributed by atoms with Crippen LogP contribution < -0.4 is 5.32 Å². The molecule has 2 saturated heterocycles. The lowest BCUT2D eigenvalue weighted by Gasteiger charge is -2.34. The summed E-state index contributed by atoms with van der Waals surface area (Å²) in [6, 6.07) is 11.9. The number of rotatable bonds is 6. The van der Waals surface area contributed by atoms with Crippen LogP contribution in [-0.4, -0.2) is 72.6 Å². The van der Waals surface area contributed by atoms with Gasteiger partial charge in [-0.1, -0.05) is 12.1 Å². The Balaban J connectivity index is 1.05. The van der Waals surface area contributed by atoms with Crippen molar-refractivity contribution in [2.75, 3.05) is 45.8 Å². The van der Waals surface area contributed by atoms with E-state index < -0.39 is 0 Å². The van der Waals surface area contributed by atoms with Gasteiger partial charge in [0.1, 0.15) is 5.82 Å². The van der Waals surface area contributed by atoms with E-state index in [1.54, 1.807) is 23.5 Å². The SMILES string of the molecule is O=C(NCC1CCN(C2CC2)C1)N1CCN(Cc2ccc(-c3cccc(F)c3)s2)CC1. The third-order valence-electron chi connectivity index (χ3n) is 6.73. The molecule has 166 valence electrons. The van der Waals surface area contributed by atoms with Gasteiger partial charge in [0.05, 0.1) is 0 Å². The van der Waals surface area contributed by atoms with Gasteiger partial charge >= 0.3 is 6.03 Å². The van der Waals surface area contributed by atoms with Crippen LogP contribution in [-0.2, 0) is 6.54 Å². The second-order valence-corrected chi connectivity index (χ2v) is 10.3. The number of halogens is 1. The molecule has 1 atom stereocenters. The van der Waals surface area contributed by atoms with E-state index in [9.17, 15) is 9.18 Å². The van der Waals surface area contributed by atoms with Gasteiger partial charge in [-0.3, -0.25) is 4.90 Å². The minimum atomic E-state index is -0.199. The van der Waals surface area contributed by atoms with Crippen molar-refractivity contribution >= 4 is 17.4 Å². The average molecular weight is 443 g/mol. The molecule has 1 N–H and O–H groups in total. The summed E-state index contributed by atoms with van der Waals surface area (Å²) in [5, 5.41) is 3.18. The molecule has 0 radical (unpaired) electrons. The number of carbonyl (C=O) groups is 1. The molecule has 1 aliphatic carbocycles. The topological polar surface area (TPSA) is 38.8 Å². The molecule has 1 aromatic carbocycles. The van der Waals surface area contributed by atoms with Gasteiger partial charge in [-0.25, -0.2) is 9.18 Å². The first kappa shape index (κ1) is 20.9. The van der Waals surface area contributed by atoms with Gasteiger partial charge in [0.15, 0.2) is 0 Å². The average Bonchev–Trinajstić information content (AvgIpc) is 3.34. The molecule has 0 bridgehead atoms. The van der Waals surface area contributed by atoms with Crippen LogP contribution >= 0.6 is 11.3 Å². The number of nitrogens with one attached hydrogen (secondary N) is 1. The number of hydrogen-bond donors (Lipinski definition) is 1. The summed E-state index contributed by atoms with van der Waals surface area (Å²) in [6.45, 7) is 7.36. The zero-order chi connectivity index (χ0) is 21.2. The molecule has 1 saturated carbocycles. The highest BCUT2D eigenvalue weighted by atomic mass is 32.1. The molecule has 3 fully saturated rings. The number of carbonyl (C=O) groups excluding carboxylic acids is 1. The Hall–Kier alpha value is -1.96. The van der Waals surface area contributed by atoms with Crippen molar-refractivity contribution in [1.29, 1.82) is 0 Å². The van der Waals surface area contributed by atoms with Crippen LogP contribution in [0.15, 0.2) is 36.4 Å². The number of likely N-dealkylation sites (tertiary alicyclic amines) is 1. The van der Waals surface area contributed by atoms with Crippen LogP contribution in [0.25, 0.3) is 10.4 Å². The van der Waals surface area contributed by atoms with Crippen molar-refractivity contribution in [2.24, 2.45) is 5.92 Å². The number of piperazine rings is 1. The fourth-order valence-corrected chi connectivity index (χ4v) is 5.78. The first-order valence-electron chi connectivity index (χ1n) is 11.5. The van der Waals surface area contributed by atoms with Crippen LogP contribution in [0.4, 0.5) is 9.18 Å². The molecule has 0 spiro atoms. The molecule has 5 nitrogen and oxygen atoms in total. The van der Waals surface area contributed by atoms with Crippen molar-refractivity contribution in [3.63, 3.8) is 0 Å². The summed E-state index contributed by atoms with van der Waals surface area (Å²) in [7, 11) is 0. The molecular formula is C24H31FN4OS. The molecule has 7 heteroatoms. The van der Waals surface area contributed by atoms with E-state index in [0.717, 1.165) is 62.3 Å². The van der Waals surface area contributed by atoms with Gasteiger partial charge in [0.25, 0.3) is 0 Å². The Bertz CT molecular complexity index is 906. The van der Waals surface area contributed by atoms with E-state index in [2.05, 4.69) is 27.2 Å². The summed E-state index contributed by atoms with van der Waals surface area (Å²) in [6.07, 6.45) is 3.94. The number of nitrogens with zero attached hydrogens (tertiary/aromatic N) is 3. The minimum Gasteiger partial charge on any atom is -0.338 e. The van der Waals surface area contributed by atoms with Crippen molar-refractivity contribution in [3.05, 3.63) is 47.1 Å². The monoisotopic (exact) mass is 442 g/mol. The van der Waals surface area contributed by atoms with Gasteiger partial charge in [-0.15, -0.1) is 11.3 Å². The van der Waals surface area contributed by atoms with Crippen molar-refractivity contribution in [1.82, 2.24) is 20.0 Å². The normalized spacial score (nSPS) is 22.7. The lowest BCUT2D eigenvalue weighted by Crippen LogP contribution is -2.52. The smallest absolute Gasteiger partial charge is 0.317 e. The standard InChI is InChI=1S/C24H31FN4OS/c25-20-3-1-2-19(14-20)23-7-6-22(31-23)17-27-10-12-28(13-11-27)24(30)26-15-18-8-9-29(16-18)21-4-5-21/h1-3,6-7,14,18,21H,4-5,8-13,15-17H2,(H,26,30). The summed E-state index contributed by atoms with van der Waals surface area (Å²) in [5.41, 5.74) is 0.931. The number of amides is 2. The predicted octanol–water partition coefficient (Wildman–Crippen LogP) is 3.87. The third kappa shape index (κ3) is 5.27. The predicted molar refractivity (Wildman–Crippen MR) is 123 cm³/mol. The van der Waals surface area contributed by atoms with E-state index in [4.69, 9.17) is 0 Å². The van der Waals surface area contributed by atoms with Crippen LogP contribution in [0.5, 0.6) is 0 Å². The van der Waals surface area contributed by atoms with Gasteiger partial charge < -0.3 is 15.1 Å². The van der Waals surface area contributed by atoms with Gasteiger partial charge in [0, 0.05) is 61.6 Å². The molecule has 3 heterocycles. The molecule has 31 heavy (non-hydrogen) atoms. The van der Waals surface area contributed by atoms with E-state index in [0.29, 0.717) is 5.92 Å². The second-order valence-electron chi connectivity index (χ2n) is 9.11. The summed E-state index contributed by atoms with van der Waals surface area (Å²) >= 11 is 1.72. The fourth-order valence-electron chi connectivity index (χ4n) is 4.73. The van der Waals surface area contributed by atoms with Gasteiger partial charge in [-0.2, -0.15) is 0 Å². The number of urea groups is 1. The first-order valence-corrected chi connectivity index (χ1v) is 12.3. The Morgan fingerprint density at radius 3 is 2.68 bits per heavy atom. The quantitative estimate of drug-likeness (QED) is 0.738. The maximum atomic E-state index is 13.5. The zero-order valence-electron chi connectivity index (χ0n) is 17.9. The Labute approximate surface area is 187 Å². The molecule has 1 unspecified atom stereocenters. The van der Waals surface area contributed by atoms with Crippen molar-refractivity contribution in [2.45, 2.75) is 31.8 Å². The number of hydrogen-bond acceptors (Lipinski definition) is 4. The van der Waals surface area contributed by atoms with Crippen molar-refractivity contribution in [3.8, 4) is 10.4 Å². The molecule has 3 aliphatic rings. The third-order valence-corrected chi connectivity index (χ3v) is 7.85. The highest BCUT2D eigenvalue weighted by Crippen LogP contribution is 2.31.